The van der Waals surface area contributed by atoms with Crippen molar-refractivity contribution in [1.29, 1.82) is 0 Å². The first-order valence-electron chi connectivity index (χ1n) is 4.29. The minimum absolute atomic E-state index is 0.150. The highest BCUT2D eigenvalue weighted by Gasteiger charge is 2.10. The van der Waals surface area contributed by atoms with E-state index >= 15 is 0 Å². The Morgan fingerprint density at radius 2 is 2.13 bits per heavy atom. The van der Waals surface area contributed by atoms with Gasteiger partial charge in [0.15, 0.2) is 0 Å². The Labute approximate surface area is 105 Å². The second-order valence-electron chi connectivity index (χ2n) is 2.95. The molecule has 0 spiro atoms. The van der Waals surface area contributed by atoms with E-state index < -0.39 is 0 Å². The van der Waals surface area contributed by atoms with Gasteiger partial charge in [0.05, 0.1) is 16.1 Å². The molecule has 0 saturated heterocycles. The molecule has 1 N–H and O–H groups in total. The summed E-state index contributed by atoms with van der Waals surface area (Å²) >= 11 is 6.47. The second kappa shape index (κ2) is 5.51. The van der Waals surface area contributed by atoms with E-state index in [9.17, 15) is 9.90 Å². The molecular formula is C10H10Br2O3. The van der Waals surface area contributed by atoms with Crippen LogP contribution in [-0.2, 0) is 16.0 Å². The van der Waals surface area contributed by atoms with Gasteiger partial charge in [-0.1, -0.05) is 6.07 Å². The number of phenolic OH excluding ortho intramolecular Hbond substituents is 1. The van der Waals surface area contributed by atoms with Crippen molar-refractivity contribution in [1.82, 2.24) is 0 Å². The zero-order chi connectivity index (χ0) is 11.4. The molecule has 0 bridgehead atoms. The van der Waals surface area contributed by atoms with Gasteiger partial charge >= 0.3 is 5.97 Å². The summed E-state index contributed by atoms with van der Waals surface area (Å²) < 4.78 is 5.77. The third kappa shape index (κ3) is 3.21. The third-order valence-corrected chi connectivity index (χ3v) is 3.50. The van der Waals surface area contributed by atoms with E-state index in [-0.39, 0.29) is 11.7 Å². The molecule has 1 rings (SSSR count). The maximum absolute atomic E-state index is 10.9. The van der Waals surface area contributed by atoms with E-state index in [2.05, 4.69) is 36.6 Å². The number of phenols is 1. The lowest BCUT2D eigenvalue weighted by Crippen LogP contribution is -2.02. The Kier molecular flexibility index (Phi) is 4.60. The fraction of sp³-hybridized carbons (Fsp3) is 0.300. The van der Waals surface area contributed by atoms with Crippen molar-refractivity contribution in [2.75, 3.05) is 7.11 Å². The molecule has 0 saturated carbocycles. The molecule has 0 aliphatic rings. The Morgan fingerprint density at radius 1 is 1.47 bits per heavy atom. The number of hydrogen-bond acceptors (Lipinski definition) is 3. The van der Waals surface area contributed by atoms with Gasteiger partial charge in [-0.25, -0.2) is 0 Å². The van der Waals surface area contributed by atoms with E-state index in [0.29, 0.717) is 21.8 Å². The number of halogens is 2. The highest BCUT2D eigenvalue weighted by Crippen LogP contribution is 2.35. The van der Waals surface area contributed by atoms with Gasteiger partial charge in [-0.3, -0.25) is 4.79 Å². The predicted molar refractivity (Wildman–Crippen MR) is 63.8 cm³/mol. The van der Waals surface area contributed by atoms with E-state index in [4.69, 9.17) is 0 Å². The molecule has 3 nitrogen and oxygen atoms in total. The first kappa shape index (κ1) is 12.5. The van der Waals surface area contributed by atoms with Crippen LogP contribution in [0.4, 0.5) is 0 Å². The topological polar surface area (TPSA) is 46.5 Å². The van der Waals surface area contributed by atoms with E-state index in [1.165, 1.54) is 7.11 Å². The summed E-state index contributed by atoms with van der Waals surface area (Å²) in [5.74, 6) is -0.110. The number of aryl methyl sites for hydroxylation is 1. The van der Waals surface area contributed by atoms with Crippen LogP contribution < -0.4 is 0 Å². The van der Waals surface area contributed by atoms with Gasteiger partial charge in [-0.2, -0.15) is 0 Å². The maximum Gasteiger partial charge on any atom is 0.305 e. The van der Waals surface area contributed by atoms with Crippen LogP contribution in [0.25, 0.3) is 0 Å². The number of ether oxygens (including phenoxy) is 1. The fourth-order valence-electron chi connectivity index (χ4n) is 1.11. The summed E-state index contributed by atoms with van der Waals surface area (Å²) in [5.41, 5.74) is 0.876. The van der Waals surface area contributed by atoms with Crippen LogP contribution in [0.15, 0.2) is 21.1 Å². The van der Waals surface area contributed by atoms with Crippen LogP contribution in [0, 0.1) is 0 Å². The van der Waals surface area contributed by atoms with Gasteiger partial charge in [0.2, 0.25) is 0 Å². The van der Waals surface area contributed by atoms with Crippen molar-refractivity contribution >= 4 is 37.8 Å². The normalized spacial score (nSPS) is 10.1. The van der Waals surface area contributed by atoms with Crippen LogP contribution in [0.2, 0.25) is 0 Å². The van der Waals surface area contributed by atoms with Crippen LogP contribution in [0.3, 0.4) is 0 Å². The molecule has 15 heavy (non-hydrogen) atoms. The Morgan fingerprint density at radius 3 is 2.73 bits per heavy atom. The number of methoxy groups -OCH3 is 1. The van der Waals surface area contributed by atoms with Gasteiger partial charge in [0.1, 0.15) is 5.75 Å². The number of hydrogen-bond donors (Lipinski definition) is 1. The van der Waals surface area contributed by atoms with Crippen molar-refractivity contribution in [3.63, 3.8) is 0 Å². The fourth-order valence-corrected chi connectivity index (χ4v) is 2.26. The van der Waals surface area contributed by atoms with Crippen molar-refractivity contribution in [3.05, 3.63) is 26.6 Å². The number of rotatable bonds is 3. The maximum atomic E-state index is 10.9. The van der Waals surface area contributed by atoms with Gasteiger partial charge < -0.3 is 9.84 Å². The molecule has 0 unspecified atom stereocenters. The lowest BCUT2D eigenvalue weighted by molar-refractivity contribution is -0.140. The van der Waals surface area contributed by atoms with Gasteiger partial charge in [0.25, 0.3) is 0 Å². The molecule has 1 aromatic rings. The molecular weight excluding hydrogens is 328 g/mol. The largest absolute Gasteiger partial charge is 0.506 e. The average molecular weight is 338 g/mol. The molecule has 82 valence electrons. The van der Waals surface area contributed by atoms with Gasteiger partial charge in [0, 0.05) is 6.42 Å². The summed E-state index contributed by atoms with van der Waals surface area (Å²) in [6.07, 6.45) is 0.838. The monoisotopic (exact) mass is 336 g/mol. The molecule has 0 atom stereocenters. The molecule has 0 fully saturated rings. The van der Waals surface area contributed by atoms with Crippen LogP contribution in [0.5, 0.6) is 5.75 Å². The highest BCUT2D eigenvalue weighted by molar-refractivity contribution is 9.11. The van der Waals surface area contributed by atoms with Crippen LogP contribution >= 0.6 is 31.9 Å². The second-order valence-corrected chi connectivity index (χ2v) is 4.59. The average Bonchev–Trinajstić information content (AvgIpc) is 2.24. The van der Waals surface area contributed by atoms with Gasteiger partial charge in [-0.05, 0) is 49.9 Å². The summed E-state index contributed by atoms with van der Waals surface area (Å²) in [6.45, 7) is 0. The summed E-state index contributed by atoms with van der Waals surface area (Å²) in [4.78, 5) is 10.9. The minimum Gasteiger partial charge on any atom is -0.506 e. The number of carbonyl (C=O) groups excluding carboxylic acids is 1. The molecule has 1 aromatic carbocycles. The minimum atomic E-state index is -0.260. The molecule has 0 aliphatic heterocycles. The molecule has 0 radical (unpaired) electrons. The number of aromatic hydroxyl groups is 1. The summed E-state index contributed by atoms with van der Waals surface area (Å²) in [7, 11) is 1.36. The first-order valence-corrected chi connectivity index (χ1v) is 5.87. The third-order valence-electron chi connectivity index (χ3n) is 1.97. The number of benzene rings is 1. The smallest absolute Gasteiger partial charge is 0.305 e. The van der Waals surface area contributed by atoms with E-state index in [1.54, 1.807) is 6.07 Å². The van der Waals surface area contributed by atoms with Crippen molar-refractivity contribution in [2.24, 2.45) is 0 Å². The molecule has 5 heteroatoms. The number of carbonyl (C=O) groups is 1. The standard InChI is InChI=1S/C10H10Br2O3/c1-15-8(13)5-3-6-2-4-7(11)10(14)9(6)12/h2,4,14H,3,5H2,1H3. The SMILES string of the molecule is COC(=O)CCc1ccc(Br)c(O)c1Br. The molecule has 0 aliphatic carbocycles. The predicted octanol–water partition coefficient (Wildman–Crippen LogP) is 3.02. The molecule has 0 aromatic heterocycles. The number of esters is 1. The van der Waals surface area contributed by atoms with E-state index in [0.717, 1.165) is 5.56 Å². The van der Waals surface area contributed by atoms with Crippen LogP contribution in [-0.4, -0.2) is 18.2 Å². The molecule has 0 amide bonds. The Bertz CT molecular complexity index is 377. The lowest BCUT2D eigenvalue weighted by atomic mass is 10.1. The summed E-state index contributed by atoms with van der Waals surface area (Å²) in [6, 6.07) is 3.59. The Hall–Kier alpha value is -0.550. The van der Waals surface area contributed by atoms with Gasteiger partial charge in [-0.15, -0.1) is 0 Å². The van der Waals surface area contributed by atoms with Crippen molar-refractivity contribution in [3.8, 4) is 5.75 Å². The zero-order valence-electron chi connectivity index (χ0n) is 8.09. The van der Waals surface area contributed by atoms with Crippen LogP contribution in [0.1, 0.15) is 12.0 Å². The quantitative estimate of drug-likeness (QED) is 0.862. The zero-order valence-corrected chi connectivity index (χ0v) is 11.3. The van der Waals surface area contributed by atoms with Crippen molar-refractivity contribution in [2.45, 2.75) is 12.8 Å². The Balaban J connectivity index is 2.78. The van der Waals surface area contributed by atoms with E-state index in [1.807, 2.05) is 6.07 Å². The first-order chi connectivity index (χ1) is 7.06. The summed E-state index contributed by atoms with van der Waals surface area (Å²) in [5, 5.41) is 9.60. The molecule has 0 heterocycles. The lowest BCUT2D eigenvalue weighted by Gasteiger charge is -2.06. The highest BCUT2D eigenvalue weighted by atomic mass is 79.9. The van der Waals surface area contributed by atoms with Crippen molar-refractivity contribution < 1.29 is 14.6 Å².